The minimum Gasteiger partial charge on any atom is -0.595 e. The number of hydrogen-bond acceptors (Lipinski definition) is 6. The van der Waals surface area contributed by atoms with Gasteiger partial charge in [-0.2, -0.15) is 10.3 Å². The van der Waals surface area contributed by atoms with Crippen LogP contribution in [0.5, 0.6) is 0 Å². The molecule has 1 aliphatic heterocycles. The van der Waals surface area contributed by atoms with Gasteiger partial charge in [-0.3, -0.25) is 4.68 Å². The topological polar surface area (TPSA) is 113 Å². The fourth-order valence-electron chi connectivity index (χ4n) is 3.02. The first-order valence-corrected chi connectivity index (χ1v) is 8.54. The van der Waals surface area contributed by atoms with Crippen LogP contribution in [0.1, 0.15) is 52.3 Å². The average molecular weight is 374 g/mol. The molecule has 2 heterocycles. The number of halogens is 1. The highest BCUT2D eigenvalue weighted by Gasteiger charge is 2.38. The second-order valence-corrected chi connectivity index (χ2v) is 7.48. The highest BCUT2D eigenvalue weighted by molar-refractivity contribution is 5.68. The molecule has 3 N–H and O–H groups in total. The Bertz CT molecular complexity index is 631. The van der Waals surface area contributed by atoms with Crippen molar-refractivity contribution in [2.45, 2.75) is 70.6 Å². The van der Waals surface area contributed by atoms with Crippen molar-refractivity contribution in [2.75, 3.05) is 0 Å². The third kappa shape index (κ3) is 4.91. The third-order valence-corrected chi connectivity index (χ3v) is 4.17. The molecule has 1 amide bonds. The van der Waals surface area contributed by atoms with Crippen LogP contribution in [-0.2, 0) is 16.5 Å². The molecule has 5 atom stereocenters. The first kappa shape index (κ1) is 20.6. The first-order chi connectivity index (χ1) is 12.0. The van der Waals surface area contributed by atoms with Gasteiger partial charge in [-0.25, -0.2) is 14.4 Å². The molecule has 10 heteroatoms. The maximum Gasteiger partial charge on any atom is 0.407 e. The summed E-state index contributed by atoms with van der Waals surface area (Å²) in [6, 6.07) is -0.786. The molecule has 1 aromatic rings. The van der Waals surface area contributed by atoms with Gasteiger partial charge in [0.25, 0.3) is 0 Å². The van der Waals surface area contributed by atoms with Crippen molar-refractivity contribution in [3.8, 4) is 0 Å². The second-order valence-electron chi connectivity index (χ2n) is 7.48. The van der Waals surface area contributed by atoms with E-state index < -0.39 is 41.3 Å². The summed E-state index contributed by atoms with van der Waals surface area (Å²) < 4.78 is 27.1. The number of quaternary nitrogens is 1. The van der Waals surface area contributed by atoms with Crippen LogP contribution in [0.2, 0.25) is 0 Å². The minimum absolute atomic E-state index is 0.0265. The normalized spacial score (nSPS) is 28.3. The van der Waals surface area contributed by atoms with Crippen molar-refractivity contribution in [1.29, 1.82) is 0 Å². The zero-order chi connectivity index (χ0) is 19.6. The Kier molecular flexibility index (Phi) is 6.22. The monoisotopic (exact) mass is 374 g/mol. The molecular weight excluding hydrogens is 347 g/mol. The van der Waals surface area contributed by atoms with E-state index in [2.05, 4.69) is 10.4 Å². The number of alkyl halides is 1. The Morgan fingerprint density at radius 2 is 2.19 bits per heavy atom. The van der Waals surface area contributed by atoms with E-state index in [0.29, 0.717) is 12.1 Å². The highest BCUT2D eigenvalue weighted by atomic mass is 19.1. The molecule has 1 unspecified atom stereocenters. The summed E-state index contributed by atoms with van der Waals surface area (Å²) in [5.41, 5.74) is -0.274. The summed E-state index contributed by atoms with van der Waals surface area (Å²) in [6.45, 7) is 6.74. The summed E-state index contributed by atoms with van der Waals surface area (Å²) in [5.74, 6) is 0. The number of aromatic nitrogens is 2. The molecule has 0 spiro atoms. The second kappa shape index (κ2) is 7.87. The van der Waals surface area contributed by atoms with Crippen molar-refractivity contribution in [3.63, 3.8) is 0 Å². The fraction of sp³-hybridized carbons (Fsp3) is 0.750. The Labute approximate surface area is 151 Å². The first-order valence-electron chi connectivity index (χ1n) is 8.54. The highest BCUT2D eigenvalue weighted by Crippen LogP contribution is 2.34. The van der Waals surface area contributed by atoms with E-state index in [1.165, 1.54) is 10.9 Å². The van der Waals surface area contributed by atoms with Crippen LogP contribution in [0, 0.1) is 5.21 Å². The molecule has 0 aromatic carbocycles. The van der Waals surface area contributed by atoms with Crippen LogP contribution in [0.4, 0.5) is 14.9 Å². The van der Waals surface area contributed by atoms with Gasteiger partial charge >= 0.3 is 6.09 Å². The number of alkyl carbamates (subject to hydrolysis) is 1. The number of rotatable bonds is 3. The minimum atomic E-state index is -1.45. The number of nitrogens with zero attached hydrogens (tertiary/aromatic N) is 2. The van der Waals surface area contributed by atoms with E-state index in [0.717, 1.165) is 0 Å². The van der Waals surface area contributed by atoms with Gasteiger partial charge in [0.1, 0.15) is 29.8 Å². The summed E-state index contributed by atoms with van der Waals surface area (Å²) in [6.07, 6.45) is -1.74. The third-order valence-electron chi connectivity index (χ3n) is 4.17. The number of ether oxygens (including phenoxy) is 2. The zero-order valence-electron chi connectivity index (χ0n) is 15.7. The largest absolute Gasteiger partial charge is 0.595 e. The van der Waals surface area contributed by atoms with Crippen molar-refractivity contribution in [1.82, 2.24) is 15.1 Å². The lowest BCUT2D eigenvalue weighted by atomic mass is 10.0. The van der Waals surface area contributed by atoms with Crippen molar-refractivity contribution >= 4 is 11.8 Å². The van der Waals surface area contributed by atoms with Crippen LogP contribution in [0.25, 0.3) is 0 Å². The van der Waals surface area contributed by atoms with Gasteiger partial charge in [0.2, 0.25) is 5.69 Å². The summed E-state index contributed by atoms with van der Waals surface area (Å²) in [7, 11) is 1.62. The van der Waals surface area contributed by atoms with Gasteiger partial charge in [-0.05, 0) is 40.5 Å². The quantitative estimate of drug-likeness (QED) is 0.687. The molecule has 1 aromatic heterocycles. The average Bonchev–Trinajstić information content (AvgIpc) is 2.83. The Balaban J connectivity index is 2.14. The van der Waals surface area contributed by atoms with Crippen LogP contribution in [0.3, 0.4) is 0 Å². The van der Waals surface area contributed by atoms with Gasteiger partial charge < -0.3 is 20.0 Å². The number of carbonyl (C=O) groups excluding carboxylic acids is 1. The molecular formula is C16H27FN4O5. The lowest BCUT2D eigenvalue weighted by Crippen LogP contribution is -2.99. The molecule has 26 heavy (non-hydrogen) atoms. The molecule has 1 aliphatic rings. The van der Waals surface area contributed by atoms with Crippen LogP contribution >= 0.6 is 0 Å². The van der Waals surface area contributed by atoms with Crippen molar-refractivity contribution < 1.29 is 29.1 Å². The Hall–Kier alpha value is -1.75. The van der Waals surface area contributed by atoms with Gasteiger partial charge in [-0.15, -0.1) is 0 Å². The predicted molar refractivity (Wildman–Crippen MR) is 89.6 cm³/mol. The molecule has 2 rings (SSSR count). The van der Waals surface area contributed by atoms with Crippen LogP contribution in [0.15, 0.2) is 6.20 Å². The standard InChI is InChI=1S/C16H27FN4O5/c1-9-13(17)10(19-15(22)26-16(2,3)4)6-7-12(25-9)14-11(21(23)24)8-18-20(14)5/h8-10,12-13,21,23H,6-7H2,1-5H3,(H,19,22)/t9-,10+,12-,13+/m0/s1. The summed E-state index contributed by atoms with van der Waals surface area (Å²) in [5, 5.41) is 26.1. The molecule has 0 saturated carbocycles. The summed E-state index contributed by atoms with van der Waals surface area (Å²) >= 11 is 0. The number of hydrogen-bond donors (Lipinski definition) is 3. The van der Waals surface area contributed by atoms with E-state index >= 15 is 0 Å². The number of carbonyl (C=O) groups is 1. The van der Waals surface area contributed by atoms with E-state index in [1.54, 1.807) is 34.7 Å². The van der Waals surface area contributed by atoms with Crippen LogP contribution < -0.4 is 10.5 Å². The van der Waals surface area contributed by atoms with Gasteiger partial charge in [-0.1, -0.05) is 0 Å². The molecule has 0 radical (unpaired) electrons. The van der Waals surface area contributed by atoms with E-state index in [-0.39, 0.29) is 12.1 Å². The van der Waals surface area contributed by atoms with E-state index in [4.69, 9.17) is 9.47 Å². The van der Waals surface area contributed by atoms with Gasteiger partial charge in [0, 0.05) is 7.05 Å². The lowest BCUT2D eigenvalue weighted by molar-refractivity contribution is -0.991. The fourth-order valence-corrected chi connectivity index (χ4v) is 3.02. The molecule has 0 aliphatic carbocycles. The molecule has 0 bridgehead atoms. The number of nitrogens with one attached hydrogen (secondary N) is 2. The van der Waals surface area contributed by atoms with Crippen LogP contribution in [-0.4, -0.2) is 45.0 Å². The zero-order valence-corrected chi connectivity index (χ0v) is 15.7. The van der Waals surface area contributed by atoms with Gasteiger partial charge in [0.15, 0.2) is 0 Å². The SMILES string of the molecule is C[C@@H]1O[C@H](c2c([NH+]([O-])O)cnn2C)CC[C@@H](NC(=O)OC(C)(C)C)[C@@H]1F. The van der Waals surface area contributed by atoms with E-state index in [1.807, 2.05) is 0 Å². The summed E-state index contributed by atoms with van der Waals surface area (Å²) in [4.78, 5) is 12.0. The molecule has 1 fully saturated rings. The molecule has 1 saturated heterocycles. The number of aryl methyl sites for hydroxylation is 1. The van der Waals surface area contributed by atoms with Gasteiger partial charge in [0.05, 0.1) is 12.1 Å². The van der Waals surface area contributed by atoms with Crippen molar-refractivity contribution in [3.05, 3.63) is 17.1 Å². The smallest absolute Gasteiger partial charge is 0.407 e. The molecule has 9 nitrogen and oxygen atoms in total. The predicted octanol–water partition coefficient (Wildman–Crippen LogP) is 1.29. The Morgan fingerprint density at radius 1 is 1.54 bits per heavy atom. The van der Waals surface area contributed by atoms with E-state index in [9.17, 15) is 19.6 Å². The van der Waals surface area contributed by atoms with Crippen molar-refractivity contribution in [2.24, 2.45) is 7.05 Å². The maximum atomic E-state index is 14.7. The maximum absolute atomic E-state index is 14.7. The molecule has 148 valence electrons. The lowest BCUT2D eigenvalue weighted by Gasteiger charge is -2.26. The Morgan fingerprint density at radius 3 is 2.77 bits per heavy atom. The number of amides is 1.